The molecular weight excluding hydrogens is 247 g/mol. The molecule has 98 valence electrons. The van der Waals surface area contributed by atoms with Gasteiger partial charge in [-0.3, -0.25) is 14.2 Å². The molecule has 0 bridgehead atoms. The van der Waals surface area contributed by atoms with Crippen molar-refractivity contribution in [2.24, 2.45) is 5.73 Å². The standard InChI is InChI=1S/C14H13FN2O2/c1-8-7-12(13(16)18)17(9(8)2)14(19)10-3-5-11(15)6-4-10/h3-7H,1-2H3,(H2,16,18)/p+1. The molecule has 0 saturated heterocycles. The summed E-state index contributed by atoms with van der Waals surface area (Å²) in [5.41, 5.74) is 7.13. The average molecular weight is 261 g/mol. The predicted molar refractivity (Wildman–Crippen MR) is 69.7 cm³/mol. The van der Waals surface area contributed by atoms with Crippen LogP contribution in [0.3, 0.4) is 0 Å². The lowest BCUT2D eigenvalue weighted by atomic mass is 10.2. The van der Waals surface area contributed by atoms with Crippen LogP contribution in [0.25, 0.3) is 0 Å². The summed E-state index contributed by atoms with van der Waals surface area (Å²) in [6, 6.07) is 6.71. The van der Waals surface area contributed by atoms with Crippen LogP contribution in [-0.2, 0) is 0 Å². The molecule has 2 aromatic rings. The summed E-state index contributed by atoms with van der Waals surface area (Å²) in [4.78, 5) is 23.7. The van der Waals surface area contributed by atoms with Crippen molar-refractivity contribution in [3.05, 3.63) is 58.7 Å². The maximum Gasteiger partial charge on any atom is 1.00 e. The van der Waals surface area contributed by atoms with Gasteiger partial charge in [0.2, 0.25) is 0 Å². The highest BCUT2D eigenvalue weighted by Crippen LogP contribution is 2.17. The summed E-state index contributed by atoms with van der Waals surface area (Å²) in [6.07, 6.45) is 0. The van der Waals surface area contributed by atoms with E-state index in [0.717, 1.165) is 5.56 Å². The first kappa shape index (κ1) is 13.0. The van der Waals surface area contributed by atoms with E-state index in [-0.39, 0.29) is 7.12 Å². The minimum Gasteiger partial charge on any atom is -0.364 e. The SMILES string of the molecule is Cc1cc(C(N)=O)n(C(=O)c2ccc(F)cc2)c1C.[H+]. The third-order valence-corrected chi connectivity index (χ3v) is 3.05. The highest BCUT2D eigenvalue weighted by Gasteiger charge is 2.20. The van der Waals surface area contributed by atoms with Crippen molar-refractivity contribution in [1.29, 1.82) is 0 Å². The van der Waals surface area contributed by atoms with Gasteiger partial charge >= 0.3 is 1.43 Å². The number of carbonyl (C=O) groups is 2. The molecule has 1 heterocycles. The average Bonchev–Trinajstić information content (AvgIpc) is 2.66. The Hall–Kier alpha value is -2.43. The first-order chi connectivity index (χ1) is 8.91. The number of hydrogen-bond donors (Lipinski definition) is 1. The number of nitrogens with two attached hydrogens (primary N) is 1. The van der Waals surface area contributed by atoms with E-state index in [9.17, 15) is 14.0 Å². The van der Waals surface area contributed by atoms with E-state index < -0.39 is 17.6 Å². The Kier molecular flexibility index (Phi) is 3.21. The van der Waals surface area contributed by atoms with Crippen molar-refractivity contribution in [2.75, 3.05) is 0 Å². The largest absolute Gasteiger partial charge is 1.00 e. The van der Waals surface area contributed by atoms with Crippen LogP contribution in [0.15, 0.2) is 30.3 Å². The maximum atomic E-state index is 12.9. The molecule has 0 fully saturated rings. The molecule has 0 saturated carbocycles. The Morgan fingerprint density at radius 3 is 2.32 bits per heavy atom. The van der Waals surface area contributed by atoms with Crippen LogP contribution in [-0.4, -0.2) is 16.4 Å². The first-order valence-electron chi connectivity index (χ1n) is 5.71. The monoisotopic (exact) mass is 261 g/mol. The number of hydrogen-bond acceptors (Lipinski definition) is 2. The van der Waals surface area contributed by atoms with E-state index in [1.165, 1.54) is 28.8 Å². The molecule has 0 aliphatic heterocycles. The normalized spacial score (nSPS) is 10.5. The van der Waals surface area contributed by atoms with Crippen molar-refractivity contribution >= 4 is 11.8 Å². The number of rotatable bonds is 2. The molecule has 0 aliphatic rings. The lowest BCUT2D eigenvalue weighted by Gasteiger charge is -2.08. The van der Waals surface area contributed by atoms with Crippen LogP contribution in [0.2, 0.25) is 0 Å². The fraction of sp³-hybridized carbons (Fsp3) is 0.143. The molecule has 0 spiro atoms. The number of aromatic nitrogens is 1. The van der Waals surface area contributed by atoms with Gasteiger partial charge in [-0.1, -0.05) is 0 Å². The number of halogens is 1. The third kappa shape index (κ3) is 2.27. The second kappa shape index (κ2) is 4.68. The van der Waals surface area contributed by atoms with Crippen molar-refractivity contribution in [1.82, 2.24) is 4.57 Å². The van der Waals surface area contributed by atoms with Crippen molar-refractivity contribution in [3.63, 3.8) is 0 Å². The zero-order valence-corrected chi connectivity index (χ0v) is 10.6. The lowest BCUT2D eigenvalue weighted by Crippen LogP contribution is -2.23. The minimum absolute atomic E-state index is 0. The fourth-order valence-corrected chi connectivity index (χ4v) is 1.90. The molecular formula is C14H14FN2O2+. The molecule has 0 atom stereocenters. The summed E-state index contributed by atoms with van der Waals surface area (Å²) in [7, 11) is 0. The molecule has 0 radical (unpaired) electrons. The fourth-order valence-electron chi connectivity index (χ4n) is 1.90. The summed E-state index contributed by atoms with van der Waals surface area (Å²) in [5.74, 6) is -1.50. The Morgan fingerprint density at radius 2 is 1.79 bits per heavy atom. The second-order valence-corrected chi connectivity index (χ2v) is 4.31. The topological polar surface area (TPSA) is 65.1 Å². The highest BCUT2D eigenvalue weighted by atomic mass is 19.1. The summed E-state index contributed by atoms with van der Waals surface area (Å²) in [6.45, 7) is 3.51. The summed E-state index contributed by atoms with van der Waals surface area (Å²) in [5, 5.41) is 0. The Morgan fingerprint density at radius 1 is 1.21 bits per heavy atom. The smallest absolute Gasteiger partial charge is 0.364 e. The number of benzene rings is 1. The van der Waals surface area contributed by atoms with Gasteiger partial charge in [0.05, 0.1) is 0 Å². The van der Waals surface area contributed by atoms with Crippen LogP contribution < -0.4 is 5.73 Å². The Labute approximate surface area is 111 Å². The summed E-state index contributed by atoms with van der Waals surface area (Å²) < 4.78 is 14.1. The van der Waals surface area contributed by atoms with Gasteiger partial charge in [-0.25, -0.2) is 4.39 Å². The van der Waals surface area contributed by atoms with E-state index in [4.69, 9.17) is 5.73 Å². The molecule has 1 aromatic carbocycles. The van der Waals surface area contributed by atoms with E-state index in [2.05, 4.69) is 0 Å². The van der Waals surface area contributed by atoms with Gasteiger partial charge in [-0.05, 0) is 49.7 Å². The maximum absolute atomic E-state index is 12.9. The molecule has 1 aromatic heterocycles. The predicted octanol–water partition coefficient (Wildman–Crippen LogP) is 2.14. The third-order valence-electron chi connectivity index (χ3n) is 3.05. The Balaban J connectivity index is 0.00000200. The van der Waals surface area contributed by atoms with Gasteiger partial charge in [0, 0.05) is 11.3 Å². The lowest BCUT2D eigenvalue weighted by molar-refractivity contribution is 0.0921. The van der Waals surface area contributed by atoms with E-state index in [1.54, 1.807) is 19.9 Å². The highest BCUT2D eigenvalue weighted by molar-refractivity contribution is 6.03. The number of nitrogens with zero attached hydrogens (tertiary/aromatic N) is 1. The molecule has 1 amide bonds. The number of aryl methyl sites for hydroxylation is 1. The number of primary amides is 1. The van der Waals surface area contributed by atoms with Crippen LogP contribution in [0.4, 0.5) is 4.39 Å². The zero-order chi connectivity index (χ0) is 14.2. The molecule has 19 heavy (non-hydrogen) atoms. The Bertz CT molecular complexity index is 663. The molecule has 2 N–H and O–H groups in total. The van der Waals surface area contributed by atoms with Crippen LogP contribution in [0, 0.1) is 19.7 Å². The van der Waals surface area contributed by atoms with Crippen LogP contribution in [0.5, 0.6) is 0 Å². The van der Waals surface area contributed by atoms with Crippen molar-refractivity contribution < 1.29 is 15.4 Å². The van der Waals surface area contributed by atoms with Gasteiger partial charge in [-0.15, -0.1) is 0 Å². The summed E-state index contributed by atoms with van der Waals surface area (Å²) >= 11 is 0. The van der Waals surface area contributed by atoms with Crippen LogP contribution >= 0.6 is 0 Å². The van der Waals surface area contributed by atoms with Gasteiger partial charge < -0.3 is 5.73 Å². The van der Waals surface area contributed by atoms with Crippen LogP contribution in [0.1, 0.15) is 33.5 Å². The molecule has 2 rings (SSSR count). The molecule has 0 aliphatic carbocycles. The van der Waals surface area contributed by atoms with Crippen molar-refractivity contribution in [3.8, 4) is 0 Å². The van der Waals surface area contributed by atoms with E-state index in [0.29, 0.717) is 11.3 Å². The van der Waals surface area contributed by atoms with Gasteiger partial charge in [0.1, 0.15) is 11.5 Å². The van der Waals surface area contributed by atoms with Gasteiger partial charge in [0.15, 0.2) is 0 Å². The quantitative estimate of drug-likeness (QED) is 0.900. The van der Waals surface area contributed by atoms with Gasteiger partial charge in [0.25, 0.3) is 11.8 Å². The zero-order valence-electron chi connectivity index (χ0n) is 11.6. The van der Waals surface area contributed by atoms with Crippen molar-refractivity contribution in [2.45, 2.75) is 13.8 Å². The van der Waals surface area contributed by atoms with E-state index in [1.807, 2.05) is 0 Å². The second-order valence-electron chi connectivity index (χ2n) is 4.31. The number of carbonyl (C=O) groups excluding carboxylic acids is 2. The first-order valence-corrected chi connectivity index (χ1v) is 5.71. The molecule has 5 heteroatoms. The van der Waals surface area contributed by atoms with E-state index >= 15 is 0 Å². The van der Waals surface area contributed by atoms with Gasteiger partial charge in [-0.2, -0.15) is 0 Å². The number of amides is 1. The minimum atomic E-state index is -0.674. The molecule has 4 nitrogen and oxygen atoms in total. The molecule has 0 unspecified atom stereocenters.